The summed E-state index contributed by atoms with van der Waals surface area (Å²) in [6, 6.07) is 21.7. The van der Waals surface area contributed by atoms with Crippen molar-refractivity contribution in [2.75, 3.05) is 7.11 Å². The van der Waals surface area contributed by atoms with E-state index >= 15 is 0 Å². The average molecular weight is 556 g/mol. The molecule has 3 aromatic carbocycles. The molecular formula is C30H35BrO5. The van der Waals surface area contributed by atoms with Gasteiger partial charge in [0.2, 0.25) is 5.75 Å². The van der Waals surface area contributed by atoms with Crippen LogP contribution in [-0.4, -0.2) is 30.2 Å². The number of hydrogen-bond acceptors (Lipinski definition) is 5. The minimum absolute atomic E-state index is 0.0338. The second-order valence-electron chi connectivity index (χ2n) is 9.13. The Morgan fingerprint density at radius 1 is 0.917 bits per heavy atom. The van der Waals surface area contributed by atoms with Crippen molar-refractivity contribution in [2.45, 2.75) is 64.8 Å². The highest BCUT2D eigenvalue weighted by Crippen LogP contribution is 2.40. The molecule has 0 saturated heterocycles. The van der Waals surface area contributed by atoms with Crippen molar-refractivity contribution in [1.82, 2.24) is 0 Å². The minimum Gasteiger partial charge on any atom is -0.493 e. The number of aryl methyl sites for hydroxylation is 2. The van der Waals surface area contributed by atoms with E-state index in [0.717, 1.165) is 27.6 Å². The van der Waals surface area contributed by atoms with Gasteiger partial charge in [0.1, 0.15) is 12.4 Å². The highest BCUT2D eigenvalue weighted by Gasteiger charge is 2.18. The van der Waals surface area contributed by atoms with Crippen molar-refractivity contribution in [3.8, 4) is 17.2 Å². The molecule has 0 aliphatic rings. The fraction of sp³-hybridized carbons (Fsp3) is 0.367. The summed E-state index contributed by atoms with van der Waals surface area (Å²) in [6.07, 6.45) is 1.60. The van der Waals surface area contributed by atoms with Gasteiger partial charge in [-0.15, -0.1) is 0 Å². The Labute approximate surface area is 222 Å². The summed E-state index contributed by atoms with van der Waals surface area (Å²) in [5.74, 6) is 1.75. The molecule has 0 aliphatic carbocycles. The van der Waals surface area contributed by atoms with E-state index in [1.54, 1.807) is 7.11 Å². The third kappa shape index (κ3) is 8.99. The van der Waals surface area contributed by atoms with Crippen LogP contribution in [0.15, 0.2) is 71.2 Å². The van der Waals surface area contributed by atoms with Crippen LogP contribution in [0.25, 0.3) is 0 Å². The summed E-state index contributed by atoms with van der Waals surface area (Å²) < 4.78 is 18.8. The second-order valence-corrected chi connectivity index (χ2v) is 10.0. The van der Waals surface area contributed by atoms with E-state index in [-0.39, 0.29) is 18.3 Å². The van der Waals surface area contributed by atoms with Crippen LogP contribution in [0.2, 0.25) is 0 Å². The third-order valence-electron chi connectivity index (χ3n) is 5.73. The molecule has 0 fully saturated rings. The predicted octanol–water partition coefficient (Wildman–Crippen LogP) is 6.71. The maximum Gasteiger partial charge on any atom is 0.203 e. The number of carbonyl (C=O) groups is 1. The number of methoxy groups -OCH3 is 1. The van der Waals surface area contributed by atoms with Gasteiger partial charge >= 0.3 is 0 Å². The first-order chi connectivity index (χ1) is 17.3. The summed E-state index contributed by atoms with van der Waals surface area (Å²) in [4.78, 5) is 12.6. The molecule has 1 unspecified atom stereocenters. The van der Waals surface area contributed by atoms with E-state index in [2.05, 4.69) is 15.9 Å². The Morgan fingerprint density at radius 3 is 2.28 bits per heavy atom. The zero-order valence-electron chi connectivity index (χ0n) is 21.2. The minimum atomic E-state index is -0.651. The van der Waals surface area contributed by atoms with E-state index in [1.807, 2.05) is 80.6 Å². The molecule has 36 heavy (non-hydrogen) atoms. The summed E-state index contributed by atoms with van der Waals surface area (Å²) >= 11 is 3.42. The molecule has 3 aromatic rings. The van der Waals surface area contributed by atoms with Gasteiger partial charge in [-0.3, -0.25) is 4.79 Å². The summed E-state index contributed by atoms with van der Waals surface area (Å²) in [5, 5.41) is 10.4. The molecule has 0 heterocycles. The van der Waals surface area contributed by atoms with Gasteiger partial charge in [-0.2, -0.15) is 0 Å². The molecule has 0 radical (unpaired) electrons. The maximum atomic E-state index is 12.6. The maximum absolute atomic E-state index is 12.6. The number of benzene rings is 3. The van der Waals surface area contributed by atoms with Gasteiger partial charge in [0.25, 0.3) is 0 Å². The summed E-state index contributed by atoms with van der Waals surface area (Å²) in [5.41, 5.74) is 3.11. The molecule has 0 aliphatic heterocycles. The summed E-state index contributed by atoms with van der Waals surface area (Å²) in [7, 11) is 1.60. The number of hydrogen-bond donors (Lipinski definition) is 1. The van der Waals surface area contributed by atoms with Crippen LogP contribution in [-0.2, 0) is 24.2 Å². The van der Waals surface area contributed by atoms with Crippen molar-refractivity contribution in [1.29, 1.82) is 0 Å². The van der Waals surface area contributed by atoms with Crippen LogP contribution in [0.5, 0.6) is 17.2 Å². The first kappa shape index (κ1) is 27.8. The lowest BCUT2D eigenvalue weighted by atomic mass is 10.00. The zero-order chi connectivity index (χ0) is 25.9. The standard InChI is InChI=1S/C30H35BrO5/c1-21(2)36-30-28(34-3)17-24(18-29(30)35-20-23-7-5-4-6-8-23)12-16-27(33)19-26(32)15-11-22-9-13-25(31)14-10-22/h4-10,13-14,17-18,21,26,32H,11-12,15-16,19-20H2,1-3H3. The van der Waals surface area contributed by atoms with Crippen LogP contribution in [0.1, 0.15) is 49.8 Å². The van der Waals surface area contributed by atoms with Crippen molar-refractivity contribution < 1.29 is 24.1 Å². The highest BCUT2D eigenvalue weighted by atomic mass is 79.9. The fourth-order valence-corrected chi connectivity index (χ4v) is 4.12. The highest BCUT2D eigenvalue weighted by molar-refractivity contribution is 9.10. The smallest absolute Gasteiger partial charge is 0.203 e. The number of ketones is 1. The number of ether oxygens (including phenoxy) is 3. The van der Waals surface area contributed by atoms with Crippen LogP contribution >= 0.6 is 15.9 Å². The lowest BCUT2D eigenvalue weighted by Crippen LogP contribution is -2.15. The van der Waals surface area contributed by atoms with Gasteiger partial charge in [-0.25, -0.2) is 0 Å². The van der Waals surface area contributed by atoms with Gasteiger partial charge in [0.15, 0.2) is 11.5 Å². The Kier molecular flexibility index (Phi) is 10.8. The Balaban J connectivity index is 1.61. The zero-order valence-corrected chi connectivity index (χ0v) is 22.8. The number of halogens is 1. The predicted molar refractivity (Wildman–Crippen MR) is 146 cm³/mol. The Bertz CT molecular complexity index is 1100. The second kappa shape index (κ2) is 14.0. The van der Waals surface area contributed by atoms with Crippen molar-refractivity contribution >= 4 is 21.7 Å². The number of rotatable bonds is 14. The van der Waals surface area contributed by atoms with Gasteiger partial charge in [0, 0.05) is 17.3 Å². The van der Waals surface area contributed by atoms with E-state index in [4.69, 9.17) is 14.2 Å². The SMILES string of the molecule is COc1cc(CCC(=O)CC(O)CCc2ccc(Br)cc2)cc(OCc2ccccc2)c1OC(C)C. The number of carbonyl (C=O) groups excluding carboxylic acids is 1. The molecule has 1 atom stereocenters. The van der Waals surface area contributed by atoms with Crippen molar-refractivity contribution in [2.24, 2.45) is 0 Å². The number of aliphatic hydroxyl groups is 1. The molecule has 0 aromatic heterocycles. The molecule has 0 amide bonds. The molecule has 0 bridgehead atoms. The van der Waals surface area contributed by atoms with Gasteiger partial charge in [0.05, 0.1) is 19.3 Å². The average Bonchev–Trinajstić information content (AvgIpc) is 2.87. The third-order valence-corrected chi connectivity index (χ3v) is 6.26. The molecule has 0 spiro atoms. The molecular weight excluding hydrogens is 520 g/mol. The fourth-order valence-electron chi connectivity index (χ4n) is 3.86. The van der Waals surface area contributed by atoms with Gasteiger partial charge in [-0.05, 0) is 74.1 Å². The lowest BCUT2D eigenvalue weighted by Gasteiger charge is -2.19. The molecule has 5 nitrogen and oxygen atoms in total. The molecule has 192 valence electrons. The number of Topliss-reactive ketones (excluding diaryl/α,β-unsaturated/α-hetero) is 1. The van der Waals surface area contributed by atoms with Crippen LogP contribution in [0.3, 0.4) is 0 Å². The van der Waals surface area contributed by atoms with E-state index in [1.165, 1.54) is 0 Å². The number of aliphatic hydroxyl groups excluding tert-OH is 1. The molecule has 1 N–H and O–H groups in total. The van der Waals surface area contributed by atoms with Crippen LogP contribution in [0.4, 0.5) is 0 Å². The quantitative estimate of drug-likeness (QED) is 0.240. The Hall–Kier alpha value is -2.83. The molecule has 3 rings (SSSR count). The van der Waals surface area contributed by atoms with Crippen LogP contribution in [0, 0.1) is 0 Å². The largest absolute Gasteiger partial charge is 0.493 e. The first-order valence-electron chi connectivity index (χ1n) is 12.3. The van der Waals surface area contributed by atoms with Crippen molar-refractivity contribution in [3.63, 3.8) is 0 Å². The van der Waals surface area contributed by atoms with Gasteiger partial charge < -0.3 is 19.3 Å². The van der Waals surface area contributed by atoms with E-state index in [9.17, 15) is 9.90 Å². The van der Waals surface area contributed by atoms with Crippen molar-refractivity contribution in [3.05, 3.63) is 87.9 Å². The Morgan fingerprint density at radius 2 is 1.61 bits per heavy atom. The van der Waals surface area contributed by atoms with Gasteiger partial charge in [-0.1, -0.05) is 58.4 Å². The topological polar surface area (TPSA) is 65.0 Å². The summed E-state index contributed by atoms with van der Waals surface area (Å²) in [6.45, 7) is 4.30. The lowest BCUT2D eigenvalue weighted by molar-refractivity contribution is -0.121. The van der Waals surface area contributed by atoms with E-state index in [0.29, 0.717) is 43.1 Å². The first-order valence-corrected chi connectivity index (χ1v) is 13.1. The normalized spacial score (nSPS) is 11.8. The van der Waals surface area contributed by atoms with Crippen LogP contribution < -0.4 is 14.2 Å². The molecule has 0 saturated carbocycles. The van der Waals surface area contributed by atoms with E-state index < -0.39 is 6.10 Å². The monoisotopic (exact) mass is 554 g/mol. The molecule has 6 heteroatoms.